The van der Waals surface area contributed by atoms with Gasteiger partial charge in [-0.3, -0.25) is 0 Å². The molecule has 2 bridgehead atoms. The Morgan fingerprint density at radius 3 is 2.85 bits per heavy atom. The normalized spacial score (nSPS) is 35.2. The molecule has 4 rings (SSSR count). The third-order valence-electron chi connectivity index (χ3n) is 5.09. The van der Waals surface area contributed by atoms with Crippen LogP contribution in [-0.4, -0.2) is 21.2 Å². The van der Waals surface area contributed by atoms with Gasteiger partial charge in [-0.15, -0.1) is 0 Å². The van der Waals surface area contributed by atoms with Gasteiger partial charge in [0.25, 0.3) is 0 Å². The lowest BCUT2D eigenvalue weighted by molar-refractivity contribution is 0.314. The highest BCUT2D eigenvalue weighted by Crippen LogP contribution is 2.53. The molecule has 3 aliphatic carbocycles. The van der Waals surface area contributed by atoms with Gasteiger partial charge in [0.1, 0.15) is 0 Å². The number of aromatic nitrogens is 2. The summed E-state index contributed by atoms with van der Waals surface area (Å²) >= 11 is 0. The van der Waals surface area contributed by atoms with Crippen molar-refractivity contribution >= 4 is 0 Å². The summed E-state index contributed by atoms with van der Waals surface area (Å²) in [6, 6.07) is 0. The minimum atomic E-state index is -0.141. The van der Waals surface area contributed by atoms with Crippen molar-refractivity contribution in [2.45, 2.75) is 68.5 Å². The molecule has 0 aliphatic heterocycles. The molecule has 7 nitrogen and oxygen atoms in total. The van der Waals surface area contributed by atoms with Crippen molar-refractivity contribution in [1.29, 1.82) is 0 Å². The second-order valence-electron chi connectivity index (χ2n) is 6.55. The van der Waals surface area contributed by atoms with E-state index in [0.29, 0.717) is 12.5 Å². The predicted octanol–water partition coefficient (Wildman–Crippen LogP) is 2.80. The summed E-state index contributed by atoms with van der Waals surface area (Å²) in [7, 11) is 0. The van der Waals surface area contributed by atoms with Gasteiger partial charge in [0.05, 0.1) is 12.1 Å². The van der Waals surface area contributed by atoms with Gasteiger partial charge < -0.3 is 9.84 Å². The standard InChI is InChI=1S/C13H18N6O/c14-19-18-13-5-3-12(8-13,4-6-13)15-7-10-16-11(20-17-10)9-1-2-9/h9,15H,1-8H2. The SMILES string of the molecule is [N-]=[N+]=NC12CCC(NCc3noc(C4CC4)n3)(CC1)C2. The molecular weight excluding hydrogens is 256 g/mol. The molecule has 0 aromatic carbocycles. The van der Waals surface area contributed by atoms with E-state index in [4.69, 9.17) is 10.1 Å². The van der Waals surface area contributed by atoms with E-state index in [1.165, 1.54) is 12.8 Å². The molecule has 1 aromatic heterocycles. The van der Waals surface area contributed by atoms with Gasteiger partial charge in [-0.2, -0.15) is 4.98 Å². The molecule has 0 unspecified atom stereocenters. The summed E-state index contributed by atoms with van der Waals surface area (Å²) in [5.74, 6) is 2.04. The van der Waals surface area contributed by atoms with Gasteiger partial charge in [0.15, 0.2) is 5.82 Å². The monoisotopic (exact) mass is 274 g/mol. The molecule has 0 saturated heterocycles. The third kappa shape index (κ3) is 1.98. The first kappa shape index (κ1) is 12.2. The van der Waals surface area contributed by atoms with Crippen LogP contribution in [0.4, 0.5) is 0 Å². The molecule has 1 N–H and O–H groups in total. The Labute approximate surface area is 116 Å². The van der Waals surface area contributed by atoms with Crippen molar-refractivity contribution in [3.05, 3.63) is 22.2 Å². The smallest absolute Gasteiger partial charge is 0.229 e. The number of azide groups is 1. The van der Waals surface area contributed by atoms with Crippen LogP contribution in [0.2, 0.25) is 0 Å². The van der Waals surface area contributed by atoms with Crippen molar-refractivity contribution in [1.82, 2.24) is 15.5 Å². The predicted molar refractivity (Wildman–Crippen MR) is 70.8 cm³/mol. The first-order valence-corrected chi connectivity index (χ1v) is 7.36. The maximum atomic E-state index is 8.70. The first-order chi connectivity index (χ1) is 9.73. The molecule has 0 atom stereocenters. The third-order valence-corrected chi connectivity index (χ3v) is 5.09. The maximum absolute atomic E-state index is 8.70. The molecule has 0 spiro atoms. The van der Waals surface area contributed by atoms with Gasteiger partial charge in [-0.25, -0.2) is 0 Å². The fourth-order valence-electron chi connectivity index (χ4n) is 3.75. The number of rotatable bonds is 5. The Bertz CT molecular complexity index is 563. The van der Waals surface area contributed by atoms with Crippen molar-refractivity contribution in [2.24, 2.45) is 5.11 Å². The minimum absolute atomic E-state index is 0.106. The zero-order valence-corrected chi connectivity index (χ0v) is 11.4. The van der Waals surface area contributed by atoms with E-state index in [0.717, 1.165) is 43.8 Å². The summed E-state index contributed by atoms with van der Waals surface area (Å²) < 4.78 is 5.27. The van der Waals surface area contributed by atoms with Crippen LogP contribution in [0.1, 0.15) is 62.6 Å². The molecule has 1 heterocycles. The van der Waals surface area contributed by atoms with Crippen LogP contribution in [0.5, 0.6) is 0 Å². The molecule has 1 aromatic rings. The molecule has 3 fully saturated rings. The lowest BCUT2D eigenvalue weighted by Crippen LogP contribution is -2.40. The zero-order chi connectivity index (χ0) is 13.6. The van der Waals surface area contributed by atoms with Gasteiger partial charge in [0, 0.05) is 16.4 Å². The van der Waals surface area contributed by atoms with Gasteiger partial charge in [0.2, 0.25) is 5.89 Å². The van der Waals surface area contributed by atoms with Crippen LogP contribution < -0.4 is 5.32 Å². The number of nitrogens with one attached hydrogen (secondary N) is 1. The number of fused-ring (bicyclic) bond motifs is 2. The Balaban J connectivity index is 1.41. The van der Waals surface area contributed by atoms with Crippen LogP contribution >= 0.6 is 0 Å². The zero-order valence-electron chi connectivity index (χ0n) is 11.4. The van der Waals surface area contributed by atoms with Crippen molar-refractivity contribution in [3.8, 4) is 0 Å². The molecule has 3 saturated carbocycles. The topological polar surface area (TPSA) is 99.7 Å². The van der Waals surface area contributed by atoms with Gasteiger partial charge >= 0.3 is 0 Å². The van der Waals surface area contributed by atoms with Crippen molar-refractivity contribution in [3.63, 3.8) is 0 Å². The van der Waals surface area contributed by atoms with E-state index < -0.39 is 0 Å². The summed E-state index contributed by atoms with van der Waals surface area (Å²) in [6.45, 7) is 0.641. The highest BCUT2D eigenvalue weighted by Gasteiger charge is 2.53. The molecule has 106 valence electrons. The average molecular weight is 274 g/mol. The van der Waals surface area contributed by atoms with E-state index in [1.54, 1.807) is 0 Å². The van der Waals surface area contributed by atoms with Crippen LogP contribution in [0.3, 0.4) is 0 Å². The second-order valence-corrected chi connectivity index (χ2v) is 6.55. The fourth-order valence-corrected chi connectivity index (χ4v) is 3.75. The highest BCUT2D eigenvalue weighted by molar-refractivity contribution is 5.15. The van der Waals surface area contributed by atoms with Crippen LogP contribution in [0.15, 0.2) is 9.64 Å². The van der Waals surface area contributed by atoms with E-state index in [2.05, 4.69) is 25.5 Å². The Morgan fingerprint density at radius 2 is 2.15 bits per heavy atom. The molecule has 0 radical (unpaired) electrons. The van der Waals surface area contributed by atoms with Crippen molar-refractivity contribution < 1.29 is 4.52 Å². The highest BCUT2D eigenvalue weighted by atomic mass is 16.5. The Hall–Kier alpha value is -1.59. The van der Waals surface area contributed by atoms with E-state index in [-0.39, 0.29) is 11.1 Å². The largest absolute Gasteiger partial charge is 0.339 e. The van der Waals surface area contributed by atoms with E-state index in [9.17, 15) is 0 Å². The Morgan fingerprint density at radius 1 is 1.35 bits per heavy atom. The summed E-state index contributed by atoms with van der Waals surface area (Å²) in [5.41, 5.74) is 8.66. The van der Waals surface area contributed by atoms with E-state index >= 15 is 0 Å². The summed E-state index contributed by atoms with van der Waals surface area (Å²) in [5, 5.41) is 11.7. The van der Waals surface area contributed by atoms with Crippen LogP contribution in [0, 0.1) is 0 Å². The molecule has 0 amide bonds. The first-order valence-electron chi connectivity index (χ1n) is 7.36. The molecule has 20 heavy (non-hydrogen) atoms. The van der Waals surface area contributed by atoms with Gasteiger partial charge in [-0.05, 0) is 50.5 Å². The number of nitrogens with zero attached hydrogens (tertiary/aromatic N) is 5. The lowest BCUT2D eigenvalue weighted by Gasteiger charge is -2.27. The van der Waals surface area contributed by atoms with Gasteiger partial charge in [-0.1, -0.05) is 10.3 Å². The lowest BCUT2D eigenvalue weighted by atomic mass is 9.92. The summed E-state index contributed by atoms with van der Waals surface area (Å²) in [4.78, 5) is 7.47. The molecule has 3 aliphatic rings. The molecular formula is C13H18N6O. The average Bonchev–Trinajstić information content (AvgIpc) is 2.96. The number of hydrogen-bond donors (Lipinski definition) is 1. The Kier molecular flexibility index (Phi) is 2.56. The van der Waals surface area contributed by atoms with Crippen LogP contribution in [0.25, 0.3) is 10.4 Å². The minimum Gasteiger partial charge on any atom is -0.339 e. The second kappa shape index (κ2) is 4.20. The summed E-state index contributed by atoms with van der Waals surface area (Å²) in [6.07, 6.45) is 7.41. The molecule has 7 heteroatoms. The number of hydrogen-bond acceptors (Lipinski definition) is 5. The quantitative estimate of drug-likeness (QED) is 0.507. The van der Waals surface area contributed by atoms with Crippen LogP contribution in [-0.2, 0) is 6.54 Å². The fraction of sp³-hybridized carbons (Fsp3) is 0.846. The maximum Gasteiger partial charge on any atom is 0.229 e. The van der Waals surface area contributed by atoms with Crippen molar-refractivity contribution in [2.75, 3.05) is 0 Å². The van der Waals surface area contributed by atoms with E-state index in [1.807, 2.05) is 0 Å².